The fraction of sp³-hybridized carbons (Fsp3) is 0.0400. The number of hydrogen-bond acceptors (Lipinski definition) is 3. The summed E-state index contributed by atoms with van der Waals surface area (Å²) in [7, 11) is 1.57. The van der Waals surface area contributed by atoms with Crippen LogP contribution >= 0.6 is 11.6 Å². The van der Waals surface area contributed by atoms with Crippen LogP contribution < -0.4 is 10.3 Å². The normalized spacial score (nSPS) is 11.9. The first kappa shape index (κ1) is 19.2. The van der Waals surface area contributed by atoms with Crippen LogP contribution in [0.25, 0.3) is 33.1 Å². The topological polar surface area (TPSA) is 67.6 Å². The van der Waals surface area contributed by atoms with E-state index in [0.717, 1.165) is 22.0 Å². The van der Waals surface area contributed by atoms with Crippen molar-refractivity contribution in [2.75, 3.05) is 7.11 Å². The summed E-state index contributed by atoms with van der Waals surface area (Å²) in [6.07, 6.45) is 0. The van der Waals surface area contributed by atoms with Crippen LogP contribution in [0.4, 0.5) is 0 Å². The molecule has 0 aliphatic carbocycles. The van der Waals surface area contributed by atoms with Crippen LogP contribution in [0.15, 0.2) is 88.3 Å². The molecule has 0 saturated heterocycles. The summed E-state index contributed by atoms with van der Waals surface area (Å²) >= 11 is 5.94. The summed E-state index contributed by atoms with van der Waals surface area (Å²) in [6.45, 7) is 0. The first-order valence-electron chi connectivity index (χ1n) is 9.66. The van der Waals surface area contributed by atoms with Gasteiger partial charge >= 0.3 is 0 Å². The van der Waals surface area contributed by atoms with E-state index in [-0.39, 0.29) is 5.55 Å². The summed E-state index contributed by atoms with van der Waals surface area (Å²) in [4.78, 5) is 20.6. The molecule has 5 aromatic rings. The van der Waals surface area contributed by atoms with E-state index in [0.29, 0.717) is 27.5 Å². The average Bonchev–Trinajstić information content (AvgIpc) is 3.22. The second kappa shape index (κ2) is 7.78. The Hall–Kier alpha value is -3.83. The molecule has 6 heteroatoms. The van der Waals surface area contributed by atoms with Crippen LogP contribution in [0, 0.1) is 0 Å². The largest absolute Gasteiger partial charge is 0.493 e. The molecule has 5 nitrogen and oxygen atoms in total. The lowest BCUT2D eigenvalue weighted by Crippen LogP contribution is -2.10. The molecule has 0 atom stereocenters. The molecular weight excluding hydrogens is 412 g/mol. The van der Waals surface area contributed by atoms with Gasteiger partial charge in [0.15, 0.2) is 11.3 Å². The molecular formula is C25H17ClN2O3. The number of carbonyl (C=O) groups excluding carboxylic acids is 1. The highest BCUT2D eigenvalue weighted by Crippen LogP contribution is 2.29. The third kappa shape index (κ3) is 3.60. The fourth-order valence-electron chi connectivity index (χ4n) is 3.53. The zero-order chi connectivity index (χ0) is 21.4. The molecule has 0 spiro atoms. The predicted octanol–water partition coefficient (Wildman–Crippen LogP) is 5.98. The number of ether oxygens (including phenoxy) is 1. The Balaban J connectivity index is 1.76. The SMILES string of the molecule is COc1cccc2cc(-c3cc4ccccc4[nH]3)c(=NC(=O)c3ccc(Cl)cc3)oc12. The number of nitrogens with zero attached hydrogens (tertiary/aromatic N) is 1. The molecule has 1 amide bonds. The van der Waals surface area contributed by atoms with Crippen LogP contribution in [0.5, 0.6) is 5.75 Å². The lowest BCUT2D eigenvalue weighted by molar-refractivity contribution is 0.0995. The number of nitrogens with one attached hydrogen (secondary N) is 1. The standard InChI is InChI=1S/C25H17ClN2O3/c1-30-22-8-4-6-17-13-19(21-14-16-5-2-3-7-20(16)27-21)25(31-23(17)22)28-24(29)15-9-11-18(26)12-10-15/h2-14,27H,1H3. The Morgan fingerprint density at radius 1 is 0.968 bits per heavy atom. The van der Waals surface area contributed by atoms with Crippen molar-refractivity contribution in [2.24, 2.45) is 4.99 Å². The minimum atomic E-state index is -0.424. The number of aromatic nitrogens is 1. The van der Waals surface area contributed by atoms with Crippen LogP contribution in [0.2, 0.25) is 5.02 Å². The molecule has 152 valence electrons. The highest BCUT2D eigenvalue weighted by molar-refractivity contribution is 6.30. The summed E-state index contributed by atoms with van der Waals surface area (Å²) in [6, 6.07) is 24.1. The van der Waals surface area contributed by atoms with Crippen molar-refractivity contribution in [3.8, 4) is 17.0 Å². The number of H-pyrrole nitrogens is 1. The third-order valence-corrected chi connectivity index (χ3v) is 5.32. The molecule has 0 unspecified atom stereocenters. The quantitative estimate of drug-likeness (QED) is 0.384. The second-order valence-electron chi connectivity index (χ2n) is 7.04. The van der Waals surface area contributed by atoms with Gasteiger partial charge in [-0.25, -0.2) is 0 Å². The molecule has 0 fully saturated rings. The van der Waals surface area contributed by atoms with Crippen molar-refractivity contribution >= 4 is 39.4 Å². The molecule has 1 N–H and O–H groups in total. The van der Waals surface area contributed by atoms with E-state index < -0.39 is 5.91 Å². The average molecular weight is 429 g/mol. The van der Waals surface area contributed by atoms with E-state index in [1.54, 1.807) is 37.4 Å². The van der Waals surface area contributed by atoms with Gasteiger partial charge in [0.05, 0.1) is 18.4 Å². The number of fused-ring (bicyclic) bond motifs is 2. The molecule has 0 aliphatic heterocycles. The van der Waals surface area contributed by atoms with Crippen LogP contribution in [0.1, 0.15) is 10.4 Å². The van der Waals surface area contributed by atoms with Crippen molar-refractivity contribution in [3.63, 3.8) is 0 Å². The Bertz CT molecular complexity index is 1460. The van der Waals surface area contributed by atoms with E-state index in [4.69, 9.17) is 20.8 Å². The van der Waals surface area contributed by atoms with Crippen LogP contribution in [0.3, 0.4) is 0 Å². The molecule has 3 aromatic carbocycles. The van der Waals surface area contributed by atoms with Crippen molar-refractivity contribution in [1.82, 2.24) is 4.98 Å². The number of hydrogen-bond donors (Lipinski definition) is 1. The molecule has 0 saturated carbocycles. The van der Waals surface area contributed by atoms with E-state index >= 15 is 0 Å². The lowest BCUT2D eigenvalue weighted by atomic mass is 10.1. The maximum Gasteiger partial charge on any atom is 0.280 e. The highest BCUT2D eigenvalue weighted by atomic mass is 35.5. The van der Waals surface area contributed by atoms with Crippen LogP contribution in [-0.2, 0) is 0 Å². The molecule has 31 heavy (non-hydrogen) atoms. The summed E-state index contributed by atoms with van der Waals surface area (Å²) in [5.41, 5.74) is 3.60. The van der Waals surface area contributed by atoms with Gasteiger partial charge in [0.2, 0.25) is 5.55 Å². The maximum absolute atomic E-state index is 12.9. The van der Waals surface area contributed by atoms with E-state index in [2.05, 4.69) is 9.98 Å². The Morgan fingerprint density at radius 2 is 1.74 bits per heavy atom. The van der Waals surface area contributed by atoms with E-state index in [1.807, 2.05) is 48.5 Å². The summed E-state index contributed by atoms with van der Waals surface area (Å²) < 4.78 is 11.6. The van der Waals surface area contributed by atoms with Gasteiger partial charge in [-0.1, -0.05) is 41.9 Å². The monoisotopic (exact) mass is 428 g/mol. The number of halogens is 1. The first-order chi connectivity index (χ1) is 15.1. The summed E-state index contributed by atoms with van der Waals surface area (Å²) in [5, 5.41) is 2.44. The number of benzene rings is 3. The number of carbonyl (C=O) groups is 1. The van der Waals surface area contributed by atoms with Gasteiger partial charge < -0.3 is 14.1 Å². The molecule has 0 aliphatic rings. The predicted molar refractivity (Wildman–Crippen MR) is 121 cm³/mol. The van der Waals surface area contributed by atoms with Crippen molar-refractivity contribution in [1.29, 1.82) is 0 Å². The Labute approximate surface area is 182 Å². The highest BCUT2D eigenvalue weighted by Gasteiger charge is 2.14. The zero-order valence-corrected chi connectivity index (χ0v) is 17.3. The number of aromatic amines is 1. The van der Waals surface area contributed by atoms with Gasteiger partial charge in [-0.2, -0.15) is 4.99 Å². The third-order valence-electron chi connectivity index (χ3n) is 5.07. The van der Waals surface area contributed by atoms with Crippen molar-refractivity contribution in [2.45, 2.75) is 0 Å². The molecule has 0 radical (unpaired) electrons. The molecule has 2 aromatic heterocycles. The fourth-order valence-corrected chi connectivity index (χ4v) is 3.66. The Kier molecular flexibility index (Phi) is 4.81. The zero-order valence-electron chi connectivity index (χ0n) is 16.6. The minimum absolute atomic E-state index is 0.198. The summed E-state index contributed by atoms with van der Waals surface area (Å²) in [5.74, 6) is 0.142. The Morgan fingerprint density at radius 3 is 2.52 bits per heavy atom. The maximum atomic E-state index is 12.9. The number of rotatable bonds is 3. The number of methoxy groups -OCH3 is 1. The number of amides is 1. The minimum Gasteiger partial charge on any atom is -0.493 e. The molecule has 5 rings (SSSR count). The van der Waals surface area contributed by atoms with Crippen molar-refractivity contribution < 1.29 is 13.9 Å². The van der Waals surface area contributed by atoms with Gasteiger partial charge in [-0.3, -0.25) is 4.79 Å². The van der Waals surface area contributed by atoms with Gasteiger partial charge in [-0.05, 0) is 48.5 Å². The van der Waals surface area contributed by atoms with Gasteiger partial charge in [0, 0.05) is 26.9 Å². The first-order valence-corrected chi connectivity index (χ1v) is 10.0. The van der Waals surface area contributed by atoms with Gasteiger partial charge in [-0.15, -0.1) is 0 Å². The lowest BCUT2D eigenvalue weighted by Gasteiger charge is -2.07. The van der Waals surface area contributed by atoms with Crippen LogP contribution in [-0.4, -0.2) is 18.0 Å². The second-order valence-corrected chi connectivity index (χ2v) is 7.47. The molecule has 2 heterocycles. The van der Waals surface area contributed by atoms with Gasteiger partial charge in [0.1, 0.15) is 0 Å². The molecule has 0 bridgehead atoms. The van der Waals surface area contributed by atoms with E-state index in [1.165, 1.54) is 0 Å². The smallest absolute Gasteiger partial charge is 0.280 e. The van der Waals surface area contributed by atoms with Crippen molar-refractivity contribution in [3.05, 3.63) is 95.0 Å². The van der Waals surface area contributed by atoms with E-state index in [9.17, 15) is 4.79 Å². The van der Waals surface area contributed by atoms with Gasteiger partial charge in [0.25, 0.3) is 5.91 Å². The number of para-hydroxylation sites is 2.